The van der Waals surface area contributed by atoms with E-state index >= 15 is 0 Å². The number of fused-ring (bicyclic) bond motifs is 1. The molecule has 6 heteroatoms. The molecule has 122 valence electrons. The minimum Gasteiger partial charge on any atom is -0.454 e. The van der Waals surface area contributed by atoms with Crippen molar-refractivity contribution in [2.75, 3.05) is 13.3 Å². The maximum atomic E-state index is 12.6. The molecule has 0 bridgehead atoms. The van der Waals surface area contributed by atoms with Gasteiger partial charge in [-0.3, -0.25) is 9.89 Å². The largest absolute Gasteiger partial charge is 0.454 e. The molecule has 23 heavy (non-hydrogen) atoms. The van der Waals surface area contributed by atoms with E-state index in [1.165, 1.54) is 0 Å². The van der Waals surface area contributed by atoms with Crippen LogP contribution in [0.5, 0.6) is 11.5 Å². The van der Waals surface area contributed by atoms with E-state index in [2.05, 4.69) is 10.2 Å². The standard InChI is InChI=1S/C17H21N3O3/c1-4-20(17(21)8-14-11(2)18-19-12(14)3)9-13-5-6-15-16(7-13)23-10-22-15/h5-7H,4,8-10H2,1-3H3,(H,18,19). The van der Waals surface area contributed by atoms with Gasteiger partial charge in [0, 0.05) is 24.3 Å². The first kappa shape index (κ1) is 15.4. The average molecular weight is 315 g/mol. The molecule has 0 fully saturated rings. The molecule has 2 heterocycles. The predicted octanol–water partition coefficient (Wildman–Crippen LogP) is 2.35. The molecule has 0 aliphatic carbocycles. The van der Waals surface area contributed by atoms with Gasteiger partial charge in [-0.1, -0.05) is 6.07 Å². The Morgan fingerprint density at radius 2 is 2.09 bits per heavy atom. The minimum absolute atomic E-state index is 0.0952. The van der Waals surface area contributed by atoms with Crippen LogP contribution in [-0.4, -0.2) is 34.3 Å². The third-order valence-corrected chi connectivity index (χ3v) is 4.15. The molecule has 0 radical (unpaired) electrons. The molecule has 0 atom stereocenters. The summed E-state index contributed by atoms with van der Waals surface area (Å²) in [6, 6.07) is 5.80. The molecule has 1 aromatic heterocycles. The topological polar surface area (TPSA) is 67.5 Å². The molecule has 1 aliphatic heterocycles. The van der Waals surface area contributed by atoms with Crippen molar-refractivity contribution < 1.29 is 14.3 Å². The highest BCUT2D eigenvalue weighted by Gasteiger charge is 2.19. The summed E-state index contributed by atoms with van der Waals surface area (Å²) in [5.41, 5.74) is 3.86. The second-order valence-corrected chi connectivity index (χ2v) is 5.68. The fraction of sp³-hybridized carbons (Fsp3) is 0.412. The lowest BCUT2D eigenvalue weighted by atomic mass is 10.1. The molecule has 1 amide bonds. The fourth-order valence-corrected chi connectivity index (χ4v) is 2.73. The van der Waals surface area contributed by atoms with Crippen molar-refractivity contribution in [2.24, 2.45) is 0 Å². The van der Waals surface area contributed by atoms with Crippen LogP contribution in [-0.2, 0) is 17.8 Å². The van der Waals surface area contributed by atoms with Crippen LogP contribution >= 0.6 is 0 Å². The van der Waals surface area contributed by atoms with Gasteiger partial charge in [0.05, 0.1) is 12.1 Å². The third kappa shape index (κ3) is 3.16. The lowest BCUT2D eigenvalue weighted by Gasteiger charge is -2.21. The van der Waals surface area contributed by atoms with Crippen molar-refractivity contribution in [1.82, 2.24) is 15.1 Å². The van der Waals surface area contributed by atoms with Crippen molar-refractivity contribution in [1.29, 1.82) is 0 Å². The summed E-state index contributed by atoms with van der Waals surface area (Å²) in [5, 5.41) is 7.08. The van der Waals surface area contributed by atoms with Crippen LogP contribution in [0.1, 0.15) is 29.4 Å². The first-order chi connectivity index (χ1) is 11.1. The predicted molar refractivity (Wildman–Crippen MR) is 85.4 cm³/mol. The van der Waals surface area contributed by atoms with E-state index in [1.807, 2.05) is 43.9 Å². The molecular weight excluding hydrogens is 294 g/mol. The van der Waals surface area contributed by atoms with Crippen LogP contribution in [0.25, 0.3) is 0 Å². The van der Waals surface area contributed by atoms with Gasteiger partial charge in [-0.25, -0.2) is 0 Å². The summed E-state index contributed by atoms with van der Waals surface area (Å²) in [5.74, 6) is 1.60. The minimum atomic E-state index is 0.0952. The smallest absolute Gasteiger partial charge is 0.231 e. The number of hydrogen-bond acceptors (Lipinski definition) is 4. The second-order valence-electron chi connectivity index (χ2n) is 5.68. The van der Waals surface area contributed by atoms with Gasteiger partial charge >= 0.3 is 0 Å². The van der Waals surface area contributed by atoms with Crippen LogP contribution in [0.2, 0.25) is 0 Å². The summed E-state index contributed by atoms with van der Waals surface area (Å²) in [6.45, 7) is 7.32. The summed E-state index contributed by atoms with van der Waals surface area (Å²) < 4.78 is 10.7. The summed E-state index contributed by atoms with van der Waals surface area (Å²) >= 11 is 0. The van der Waals surface area contributed by atoms with E-state index in [1.54, 1.807) is 0 Å². The number of benzene rings is 1. The molecule has 1 aliphatic rings. The SMILES string of the molecule is CCN(Cc1ccc2c(c1)OCO2)C(=O)Cc1c(C)n[nH]c1C. The van der Waals surface area contributed by atoms with Gasteiger partial charge in [0.1, 0.15) is 0 Å². The van der Waals surface area contributed by atoms with E-state index < -0.39 is 0 Å². The Labute approximate surface area is 135 Å². The van der Waals surface area contributed by atoms with Crippen LogP contribution in [0.4, 0.5) is 0 Å². The Bertz CT molecular complexity index is 704. The van der Waals surface area contributed by atoms with Gasteiger partial charge in [-0.15, -0.1) is 0 Å². The fourth-order valence-electron chi connectivity index (χ4n) is 2.73. The zero-order valence-corrected chi connectivity index (χ0v) is 13.7. The molecule has 0 unspecified atom stereocenters. The Kier molecular flexibility index (Phi) is 4.23. The monoisotopic (exact) mass is 315 g/mol. The highest BCUT2D eigenvalue weighted by Crippen LogP contribution is 2.32. The van der Waals surface area contributed by atoms with Crippen molar-refractivity contribution in [3.8, 4) is 11.5 Å². The van der Waals surface area contributed by atoms with E-state index in [0.29, 0.717) is 19.5 Å². The van der Waals surface area contributed by atoms with Gasteiger partial charge < -0.3 is 14.4 Å². The molecule has 2 aromatic rings. The first-order valence-corrected chi connectivity index (χ1v) is 7.75. The number of amides is 1. The normalized spacial score (nSPS) is 12.5. The number of carbonyl (C=O) groups is 1. The molecule has 1 aromatic carbocycles. The number of nitrogens with one attached hydrogen (secondary N) is 1. The van der Waals surface area contributed by atoms with Gasteiger partial charge in [-0.2, -0.15) is 5.10 Å². The Hall–Kier alpha value is -2.50. The number of nitrogens with zero attached hydrogens (tertiary/aromatic N) is 2. The molecule has 0 spiro atoms. The van der Waals surface area contributed by atoms with Crippen molar-refractivity contribution in [3.05, 3.63) is 40.7 Å². The number of rotatable bonds is 5. The van der Waals surface area contributed by atoms with Crippen molar-refractivity contribution in [3.63, 3.8) is 0 Å². The Morgan fingerprint density at radius 1 is 1.30 bits per heavy atom. The highest BCUT2D eigenvalue weighted by atomic mass is 16.7. The number of ether oxygens (including phenoxy) is 2. The van der Waals surface area contributed by atoms with Crippen LogP contribution in [0.15, 0.2) is 18.2 Å². The quantitative estimate of drug-likeness (QED) is 0.919. The molecular formula is C17H21N3O3. The molecule has 3 rings (SSSR count). The van der Waals surface area contributed by atoms with Gasteiger partial charge in [-0.05, 0) is 38.5 Å². The van der Waals surface area contributed by atoms with E-state index in [0.717, 1.165) is 34.0 Å². The highest BCUT2D eigenvalue weighted by molar-refractivity contribution is 5.79. The average Bonchev–Trinajstić information content (AvgIpc) is 3.13. The number of aromatic amines is 1. The van der Waals surface area contributed by atoms with E-state index in [-0.39, 0.29) is 12.7 Å². The zero-order valence-electron chi connectivity index (χ0n) is 13.7. The molecule has 6 nitrogen and oxygen atoms in total. The van der Waals surface area contributed by atoms with Crippen LogP contribution in [0.3, 0.4) is 0 Å². The molecule has 0 saturated heterocycles. The number of hydrogen-bond donors (Lipinski definition) is 1. The van der Waals surface area contributed by atoms with Crippen molar-refractivity contribution >= 4 is 5.91 Å². The van der Waals surface area contributed by atoms with Crippen molar-refractivity contribution in [2.45, 2.75) is 33.7 Å². The number of aryl methyl sites for hydroxylation is 2. The number of aromatic nitrogens is 2. The lowest BCUT2D eigenvalue weighted by molar-refractivity contribution is -0.130. The number of H-pyrrole nitrogens is 1. The summed E-state index contributed by atoms with van der Waals surface area (Å²) in [7, 11) is 0. The van der Waals surface area contributed by atoms with Gasteiger partial charge in [0.2, 0.25) is 12.7 Å². The Balaban J connectivity index is 1.71. The number of carbonyl (C=O) groups excluding carboxylic acids is 1. The molecule has 0 saturated carbocycles. The van der Waals surface area contributed by atoms with Crippen LogP contribution < -0.4 is 9.47 Å². The first-order valence-electron chi connectivity index (χ1n) is 7.75. The zero-order chi connectivity index (χ0) is 16.4. The number of likely N-dealkylation sites (N-methyl/N-ethyl adjacent to an activating group) is 1. The van der Waals surface area contributed by atoms with E-state index in [4.69, 9.17) is 9.47 Å². The molecule has 1 N–H and O–H groups in total. The second kappa shape index (κ2) is 6.32. The lowest BCUT2D eigenvalue weighted by Crippen LogP contribution is -2.31. The Morgan fingerprint density at radius 3 is 2.78 bits per heavy atom. The van der Waals surface area contributed by atoms with E-state index in [9.17, 15) is 4.79 Å². The maximum absolute atomic E-state index is 12.6. The summed E-state index contributed by atoms with van der Waals surface area (Å²) in [4.78, 5) is 14.4. The maximum Gasteiger partial charge on any atom is 0.231 e. The van der Waals surface area contributed by atoms with Gasteiger partial charge in [0.25, 0.3) is 0 Å². The summed E-state index contributed by atoms with van der Waals surface area (Å²) in [6.07, 6.45) is 0.368. The van der Waals surface area contributed by atoms with Gasteiger partial charge in [0.15, 0.2) is 11.5 Å². The third-order valence-electron chi connectivity index (χ3n) is 4.15. The van der Waals surface area contributed by atoms with Crippen LogP contribution in [0, 0.1) is 13.8 Å².